The molecule has 2 N–H and O–H groups in total. The lowest BCUT2D eigenvalue weighted by atomic mass is 10.6. The van der Waals surface area contributed by atoms with Crippen molar-refractivity contribution in [3.05, 3.63) is 12.0 Å². The lowest BCUT2D eigenvalue weighted by Crippen LogP contribution is -2.49. The Labute approximate surface area is 69.8 Å². The van der Waals surface area contributed by atoms with Gasteiger partial charge in [0.25, 0.3) is 0 Å². The first-order chi connectivity index (χ1) is 5.72. The molecule has 0 fully saturated rings. The maximum Gasteiger partial charge on any atom is 0.209 e. The van der Waals surface area contributed by atoms with Crippen molar-refractivity contribution in [3.8, 4) is 0 Å². The Balaban J connectivity index is 2.36. The van der Waals surface area contributed by atoms with Gasteiger partial charge in [-0.25, -0.2) is 5.43 Å². The number of hydrazine groups is 2. The largest absolute Gasteiger partial charge is 0.365 e. The molecule has 1 heterocycles. The summed E-state index contributed by atoms with van der Waals surface area (Å²) in [7, 11) is 1.54. The minimum absolute atomic E-state index is 0.236. The lowest BCUT2D eigenvalue weighted by molar-refractivity contribution is -0.0106. The van der Waals surface area contributed by atoms with Gasteiger partial charge in [-0.05, 0) is 6.92 Å². The highest BCUT2D eigenvalue weighted by atomic mass is 19.1. The lowest BCUT2D eigenvalue weighted by Gasteiger charge is -2.24. The predicted octanol–water partition coefficient (Wildman–Crippen LogP) is 0.100. The zero-order valence-electron chi connectivity index (χ0n) is 6.91. The van der Waals surface area contributed by atoms with Crippen LogP contribution in [0.25, 0.3) is 0 Å². The topological polar surface area (TPSA) is 48.9 Å². The first kappa shape index (κ1) is 8.95. The zero-order valence-corrected chi connectivity index (χ0v) is 6.91. The zero-order chi connectivity index (χ0) is 8.97. The summed E-state index contributed by atoms with van der Waals surface area (Å²) in [5, 5.41) is 4.90. The van der Waals surface area contributed by atoms with E-state index in [0.29, 0.717) is 0 Å². The molecule has 1 rings (SSSR count). The van der Waals surface area contributed by atoms with Crippen molar-refractivity contribution in [2.75, 3.05) is 7.11 Å². The number of hydrogen-bond donors (Lipinski definition) is 2. The van der Waals surface area contributed by atoms with Crippen molar-refractivity contribution in [1.29, 1.82) is 0 Å². The Kier molecular flexibility index (Phi) is 3.01. The summed E-state index contributed by atoms with van der Waals surface area (Å²) in [5.41, 5.74) is 5.04. The Morgan fingerprint density at radius 1 is 1.83 bits per heavy atom. The molecule has 0 aromatic rings. The third-order valence-corrected chi connectivity index (χ3v) is 1.27. The fourth-order valence-electron chi connectivity index (χ4n) is 0.623. The van der Waals surface area contributed by atoms with Crippen LogP contribution in [0.3, 0.4) is 0 Å². The molecule has 5 nitrogen and oxygen atoms in total. The van der Waals surface area contributed by atoms with Crippen LogP contribution in [0.1, 0.15) is 6.92 Å². The van der Waals surface area contributed by atoms with Crippen LogP contribution in [-0.4, -0.2) is 24.8 Å². The van der Waals surface area contributed by atoms with Crippen molar-refractivity contribution in [3.63, 3.8) is 0 Å². The molecule has 0 aliphatic carbocycles. The number of hydrogen-bond acceptors (Lipinski definition) is 5. The van der Waals surface area contributed by atoms with E-state index in [9.17, 15) is 4.39 Å². The normalized spacial score (nSPS) is 18.6. The van der Waals surface area contributed by atoms with Gasteiger partial charge in [0.2, 0.25) is 5.95 Å². The highest BCUT2D eigenvalue weighted by Crippen LogP contribution is 1.96. The summed E-state index contributed by atoms with van der Waals surface area (Å²) in [6.45, 7) is 1.77. The molecule has 1 aliphatic heterocycles. The van der Waals surface area contributed by atoms with Crippen molar-refractivity contribution in [2.45, 2.75) is 13.2 Å². The molecule has 1 unspecified atom stereocenters. The second-order valence-corrected chi connectivity index (χ2v) is 2.21. The van der Waals surface area contributed by atoms with Gasteiger partial charge in [0.05, 0.1) is 6.21 Å². The van der Waals surface area contributed by atoms with Crippen LogP contribution >= 0.6 is 0 Å². The minimum atomic E-state index is -0.471. The van der Waals surface area contributed by atoms with Crippen molar-refractivity contribution < 1.29 is 9.13 Å². The summed E-state index contributed by atoms with van der Waals surface area (Å²) in [6.07, 6.45) is 2.32. The Morgan fingerprint density at radius 2 is 2.58 bits per heavy atom. The molecule has 0 saturated heterocycles. The van der Waals surface area contributed by atoms with Gasteiger partial charge in [-0.2, -0.15) is 9.82 Å². The molecule has 1 atom stereocenters. The molecule has 68 valence electrons. The van der Waals surface area contributed by atoms with Gasteiger partial charge in [0, 0.05) is 13.2 Å². The van der Waals surface area contributed by atoms with E-state index < -0.39 is 5.95 Å². The quantitative estimate of drug-likeness (QED) is 0.470. The fraction of sp³-hybridized carbons (Fsp3) is 0.500. The van der Waals surface area contributed by atoms with E-state index in [-0.39, 0.29) is 6.23 Å². The Bertz CT molecular complexity index is 206. The number of nitrogens with one attached hydrogen (secondary N) is 2. The first-order valence-corrected chi connectivity index (χ1v) is 3.48. The molecule has 0 spiro atoms. The molecular formula is C6H11FN4O. The van der Waals surface area contributed by atoms with Gasteiger partial charge >= 0.3 is 0 Å². The minimum Gasteiger partial charge on any atom is -0.365 e. The van der Waals surface area contributed by atoms with E-state index in [2.05, 4.69) is 16.0 Å². The average molecular weight is 174 g/mol. The summed E-state index contributed by atoms with van der Waals surface area (Å²) in [5.74, 6) is -0.471. The van der Waals surface area contributed by atoms with Crippen LogP contribution in [-0.2, 0) is 4.74 Å². The van der Waals surface area contributed by atoms with Gasteiger partial charge in [-0.3, -0.25) is 0 Å². The van der Waals surface area contributed by atoms with Gasteiger partial charge in [0.15, 0.2) is 0 Å². The molecule has 0 aromatic heterocycles. The molecule has 1 aliphatic rings. The van der Waals surface area contributed by atoms with Crippen LogP contribution in [0.15, 0.2) is 17.1 Å². The number of allylic oxidation sites excluding steroid dienone is 1. The van der Waals surface area contributed by atoms with E-state index in [1.807, 2.05) is 0 Å². The molecule has 0 radical (unpaired) electrons. The number of ether oxygens (including phenoxy) is 1. The SMILES string of the molecule is COC(C)NN1N=CC=C(F)N1. The third-order valence-electron chi connectivity index (χ3n) is 1.27. The smallest absolute Gasteiger partial charge is 0.209 e. The third kappa shape index (κ3) is 2.48. The van der Waals surface area contributed by atoms with Gasteiger partial charge in [-0.1, -0.05) is 0 Å². The van der Waals surface area contributed by atoms with Crippen molar-refractivity contribution >= 4 is 6.21 Å². The summed E-state index contributed by atoms with van der Waals surface area (Å²) >= 11 is 0. The molecule has 6 heteroatoms. The highest BCUT2D eigenvalue weighted by Gasteiger charge is 2.08. The molecule has 0 saturated carbocycles. The summed E-state index contributed by atoms with van der Waals surface area (Å²) < 4.78 is 17.4. The highest BCUT2D eigenvalue weighted by molar-refractivity contribution is 5.71. The van der Waals surface area contributed by atoms with Crippen LogP contribution in [0, 0.1) is 0 Å². The monoisotopic (exact) mass is 174 g/mol. The van der Waals surface area contributed by atoms with Crippen molar-refractivity contribution in [1.82, 2.24) is 16.1 Å². The molecule has 0 aromatic carbocycles. The predicted molar refractivity (Wildman–Crippen MR) is 42.3 cm³/mol. The van der Waals surface area contributed by atoms with Crippen LogP contribution < -0.4 is 10.9 Å². The Hall–Kier alpha value is -1.14. The number of rotatable bonds is 3. The second-order valence-electron chi connectivity index (χ2n) is 2.21. The van der Waals surface area contributed by atoms with Crippen LogP contribution in [0.4, 0.5) is 4.39 Å². The Morgan fingerprint density at radius 3 is 3.17 bits per heavy atom. The van der Waals surface area contributed by atoms with Gasteiger partial charge < -0.3 is 4.74 Å². The fourth-order valence-corrected chi connectivity index (χ4v) is 0.623. The van der Waals surface area contributed by atoms with Crippen LogP contribution in [0.2, 0.25) is 0 Å². The van der Waals surface area contributed by atoms with E-state index >= 15 is 0 Å². The summed E-state index contributed by atoms with van der Waals surface area (Å²) in [6, 6.07) is 0. The van der Waals surface area contributed by atoms with E-state index in [1.165, 1.54) is 19.4 Å². The van der Waals surface area contributed by atoms with E-state index in [4.69, 9.17) is 4.74 Å². The number of methoxy groups -OCH3 is 1. The molecular weight excluding hydrogens is 163 g/mol. The molecule has 0 amide bonds. The van der Waals surface area contributed by atoms with E-state index in [0.717, 1.165) is 5.23 Å². The number of halogens is 1. The van der Waals surface area contributed by atoms with Crippen LogP contribution in [0.5, 0.6) is 0 Å². The van der Waals surface area contributed by atoms with Gasteiger partial charge in [-0.15, -0.1) is 10.3 Å². The van der Waals surface area contributed by atoms with E-state index in [1.54, 1.807) is 6.92 Å². The van der Waals surface area contributed by atoms with Gasteiger partial charge in [0.1, 0.15) is 6.23 Å². The standard InChI is InChI=1S/C6H11FN4O/c1-5(12-2)9-11-8-4-3-6(7)10-11/h3-5,9-10H,1-2H3. The second kappa shape index (κ2) is 4.03. The van der Waals surface area contributed by atoms with Crippen molar-refractivity contribution in [2.24, 2.45) is 5.10 Å². The summed E-state index contributed by atoms with van der Waals surface area (Å²) in [4.78, 5) is 0. The number of hydrazone groups is 1. The maximum absolute atomic E-state index is 12.5. The number of nitrogens with zero attached hydrogens (tertiary/aromatic N) is 2. The first-order valence-electron chi connectivity index (χ1n) is 3.48. The average Bonchev–Trinajstić information content (AvgIpc) is 2.04. The molecule has 12 heavy (non-hydrogen) atoms. The molecule has 0 bridgehead atoms. The maximum atomic E-state index is 12.5.